The first kappa shape index (κ1) is 14.9. The van der Waals surface area contributed by atoms with Crippen LogP contribution in [0.2, 0.25) is 0 Å². The van der Waals surface area contributed by atoms with Crippen molar-refractivity contribution in [3.63, 3.8) is 0 Å². The third-order valence-electron chi connectivity index (χ3n) is 3.44. The highest BCUT2D eigenvalue weighted by Crippen LogP contribution is 2.31. The van der Waals surface area contributed by atoms with Crippen molar-refractivity contribution < 1.29 is 14.0 Å². The summed E-state index contributed by atoms with van der Waals surface area (Å²) in [5, 5.41) is 4.02. The molecule has 0 radical (unpaired) electrons. The molecule has 0 aliphatic rings. The lowest BCUT2D eigenvalue weighted by atomic mass is 10.1. The van der Waals surface area contributed by atoms with E-state index in [0.717, 1.165) is 16.8 Å². The second kappa shape index (κ2) is 6.39. The summed E-state index contributed by atoms with van der Waals surface area (Å²) < 4.78 is 15.8. The molecule has 1 heterocycles. The van der Waals surface area contributed by atoms with Gasteiger partial charge in [-0.3, -0.25) is 0 Å². The van der Waals surface area contributed by atoms with Gasteiger partial charge < -0.3 is 19.7 Å². The number of aromatic nitrogens is 2. The van der Waals surface area contributed by atoms with E-state index in [0.29, 0.717) is 29.6 Å². The number of anilines is 1. The lowest BCUT2D eigenvalue weighted by Crippen LogP contribution is -1.92. The van der Waals surface area contributed by atoms with Crippen LogP contribution in [0, 0.1) is 0 Å². The summed E-state index contributed by atoms with van der Waals surface area (Å²) in [4.78, 5) is 4.42. The van der Waals surface area contributed by atoms with Gasteiger partial charge in [0.15, 0.2) is 11.5 Å². The Morgan fingerprint density at radius 2 is 1.74 bits per heavy atom. The van der Waals surface area contributed by atoms with Gasteiger partial charge in [-0.15, -0.1) is 0 Å². The summed E-state index contributed by atoms with van der Waals surface area (Å²) in [6, 6.07) is 13.1. The Morgan fingerprint density at radius 3 is 2.43 bits per heavy atom. The van der Waals surface area contributed by atoms with Gasteiger partial charge in [-0.2, -0.15) is 4.98 Å². The highest BCUT2D eigenvalue weighted by molar-refractivity contribution is 5.60. The molecule has 118 valence electrons. The first-order valence-electron chi connectivity index (χ1n) is 7.09. The van der Waals surface area contributed by atoms with Gasteiger partial charge in [0.05, 0.1) is 20.6 Å². The first-order chi connectivity index (χ1) is 11.2. The number of ether oxygens (including phenoxy) is 2. The Kier molecular flexibility index (Phi) is 4.14. The molecule has 0 saturated carbocycles. The average Bonchev–Trinajstić information content (AvgIpc) is 3.05. The van der Waals surface area contributed by atoms with E-state index in [9.17, 15) is 0 Å². The standard InChI is InChI=1S/C17H17N3O3/c1-21-14-8-5-12(10-15(14)22-2)17-19-16(23-20-17)9-11-3-6-13(18)7-4-11/h3-8,10H,9,18H2,1-2H3. The molecule has 3 rings (SSSR count). The fourth-order valence-corrected chi connectivity index (χ4v) is 2.23. The fourth-order valence-electron chi connectivity index (χ4n) is 2.23. The molecule has 0 unspecified atom stereocenters. The van der Waals surface area contributed by atoms with Crippen LogP contribution in [0.1, 0.15) is 11.5 Å². The molecule has 0 fully saturated rings. The van der Waals surface area contributed by atoms with Crippen LogP contribution in [0.15, 0.2) is 47.0 Å². The Labute approximate surface area is 133 Å². The molecule has 6 nitrogen and oxygen atoms in total. The number of hydrogen-bond donors (Lipinski definition) is 1. The number of nitrogens with two attached hydrogens (primary N) is 1. The van der Waals surface area contributed by atoms with Crippen LogP contribution >= 0.6 is 0 Å². The van der Waals surface area contributed by atoms with Gasteiger partial charge in [0.2, 0.25) is 11.7 Å². The normalized spacial score (nSPS) is 10.5. The number of hydrogen-bond acceptors (Lipinski definition) is 6. The Hall–Kier alpha value is -3.02. The monoisotopic (exact) mass is 311 g/mol. The first-order valence-corrected chi connectivity index (χ1v) is 7.09. The molecule has 2 aromatic carbocycles. The SMILES string of the molecule is COc1ccc(-c2noc(Cc3ccc(N)cc3)n2)cc1OC. The van der Waals surface area contributed by atoms with Crippen molar-refractivity contribution in [3.8, 4) is 22.9 Å². The van der Waals surface area contributed by atoms with Crippen molar-refractivity contribution in [2.75, 3.05) is 20.0 Å². The van der Waals surface area contributed by atoms with E-state index < -0.39 is 0 Å². The second-order valence-corrected chi connectivity index (χ2v) is 5.00. The van der Waals surface area contributed by atoms with Gasteiger partial charge in [-0.05, 0) is 35.9 Å². The van der Waals surface area contributed by atoms with E-state index in [4.69, 9.17) is 19.7 Å². The third-order valence-corrected chi connectivity index (χ3v) is 3.44. The summed E-state index contributed by atoms with van der Waals surface area (Å²) in [7, 11) is 3.18. The minimum Gasteiger partial charge on any atom is -0.493 e. The Bertz CT molecular complexity index is 797. The molecular weight excluding hydrogens is 294 g/mol. The predicted octanol–water partition coefficient (Wildman–Crippen LogP) is 2.93. The molecule has 0 aliphatic carbocycles. The Morgan fingerprint density at radius 1 is 1.00 bits per heavy atom. The van der Waals surface area contributed by atoms with Crippen LogP contribution in [-0.2, 0) is 6.42 Å². The molecule has 0 saturated heterocycles. The lowest BCUT2D eigenvalue weighted by molar-refractivity contribution is 0.355. The smallest absolute Gasteiger partial charge is 0.231 e. The quantitative estimate of drug-likeness (QED) is 0.729. The van der Waals surface area contributed by atoms with E-state index in [-0.39, 0.29) is 0 Å². The van der Waals surface area contributed by atoms with Gasteiger partial charge >= 0.3 is 0 Å². The Balaban J connectivity index is 1.82. The van der Waals surface area contributed by atoms with Crippen molar-refractivity contribution in [1.29, 1.82) is 0 Å². The molecule has 3 aromatic rings. The number of nitrogen functional groups attached to an aromatic ring is 1. The zero-order chi connectivity index (χ0) is 16.2. The van der Waals surface area contributed by atoms with Gasteiger partial charge in [0.1, 0.15) is 0 Å². The van der Waals surface area contributed by atoms with Gasteiger partial charge in [-0.25, -0.2) is 0 Å². The summed E-state index contributed by atoms with van der Waals surface area (Å²) >= 11 is 0. The number of nitrogens with zero attached hydrogens (tertiary/aromatic N) is 2. The van der Waals surface area contributed by atoms with E-state index in [2.05, 4.69) is 10.1 Å². The minimum atomic E-state index is 0.511. The highest BCUT2D eigenvalue weighted by Gasteiger charge is 2.12. The van der Waals surface area contributed by atoms with Crippen molar-refractivity contribution in [3.05, 3.63) is 53.9 Å². The molecule has 6 heteroatoms. The van der Waals surface area contributed by atoms with Crippen molar-refractivity contribution >= 4 is 5.69 Å². The molecule has 2 N–H and O–H groups in total. The number of methoxy groups -OCH3 is 2. The van der Waals surface area contributed by atoms with E-state index in [1.807, 2.05) is 42.5 Å². The van der Waals surface area contributed by atoms with Crippen LogP contribution < -0.4 is 15.2 Å². The van der Waals surface area contributed by atoms with E-state index in [1.54, 1.807) is 14.2 Å². The molecule has 23 heavy (non-hydrogen) atoms. The van der Waals surface area contributed by atoms with Gasteiger partial charge in [0.25, 0.3) is 0 Å². The second-order valence-electron chi connectivity index (χ2n) is 5.00. The highest BCUT2D eigenvalue weighted by atomic mass is 16.5. The van der Waals surface area contributed by atoms with Crippen molar-refractivity contribution in [2.45, 2.75) is 6.42 Å². The minimum absolute atomic E-state index is 0.511. The summed E-state index contributed by atoms with van der Waals surface area (Å²) in [6.45, 7) is 0. The number of benzene rings is 2. The maximum Gasteiger partial charge on any atom is 0.231 e. The lowest BCUT2D eigenvalue weighted by Gasteiger charge is -2.07. The van der Waals surface area contributed by atoms with Crippen LogP contribution in [0.25, 0.3) is 11.4 Å². The van der Waals surface area contributed by atoms with Crippen molar-refractivity contribution in [2.24, 2.45) is 0 Å². The zero-order valence-corrected chi connectivity index (χ0v) is 12.9. The molecule has 0 aliphatic heterocycles. The van der Waals surface area contributed by atoms with Crippen LogP contribution in [-0.4, -0.2) is 24.4 Å². The third kappa shape index (κ3) is 3.26. The largest absolute Gasteiger partial charge is 0.493 e. The van der Waals surface area contributed by atoms with Crippen LogP contribution in [0.3, 0.4) is 0 Å². The summed E-state index contributed by atoms with van der Waals surface area (Å²) in [5.74, 6) is 2.33. The maximum absolute atomic E-state index is 5.68. The van der Waals surface area contributed by atoms with Crippen molar-refractivity contribution in [1.82, 2.24) is 10.1 Å². The predicted molar refractivity (Wildman–Crippen MR) is 86.5 cm³/mol. The summed E-state index contributed by atoms with van der Waals surface area (Å²) in [6.07, 6.45) is 0.556. The molecule has 1 aromatic heterocycles. The zero-order valence-electron chi connectivity index (χ0n) is 12.9. The van der Waals surface area contributed by atoms with Gasteiger partial charge in [-0.1, -0.05) is 17.3 Å². The molecule has 0 spiro atoms. The van der Waals surface area contributed by atoms with E-state index in [1.165, 1.54) is 0 Å². The molecular formula is C17H17N3O3. The fraction of sp³-hybridized carbons (Fsp3) is 0.176. The maximum atomic E-state index is 5.68. The molecule has 0 atom stereocenters. The van der Waals surface area contributed by atoms with Gasteiger partial charge in [0, 0.05) is 11.3 Å². The topological polar surface area (TPSA) is 83.4 Å². The van der Waals surface area contributed by atoms with E-state index >= 15 is 0 Å². The molecule has 0 bridgehead atoms. The van der Waals surface area contributed by atoms with Crippen LogP contribution in [0.5, 0.6) is 11.5 Å². The van der Waals surface area contributed by atoms with Crippen LogP contribution in [0.4, 0.5) is 5.69 Å². The summed E-state index contributed by atoms with van der Waals surface area (Å²) in [5.41, 5.74) is 8.26. The molecule has 0 amide bonds. The average molecular weight is 311 g/mol. The number of rotatable bonds is 5.